The number of benzene rings is 1. The van der Waals surface area contributed by atoms with Crippen molar-refractivity contribution in [3.8, 4) is 0 Å². The summed E-state index contributed by atoms with van der Waals surface area (Å²) in [5, 5.41) is 2.47. The molecule has 1 amide bonds. The Hall–Kier alpha value is -1.25. The highest BCUT2D eigenvalue weighted by Gasteiger charge is 2.31. The standard InChI is InChI=1S/C13H14F3NO3S/c1-8-2-3-9(11(6-8)21-13(14,15)16)17-12(18)10-7-19-4-5-20-10/h2-3,6,10H,4-5,7H2,1H3,(H,17,18). The molecule has 116 valence electrons. The maximum atomic E-state index is 12.6. The number of rotatable bonds is 3. The Labute approximate surface area is 124 Å². The first kappa shape index (κ1) is 16.1. The number of carbonyl (C=O) groups is 1. The fraction of sp³-hybridized carbons (Fsp3) is 0.462. The topological polar surface area (TPSA) is 47.6 Å². The summed E-state index contributed by atoms with van der Waals surface area (Å²) in [4.78, 5) is 11.9. The molecule has 21 heavy (non-hydrogen) atoms. The summed E-state index contributed by atoms with van der Waals surface area (Å²) in [5.41, 5.74) is -3.63. The molecule has 0 bridgehead atoms. The molecule has 1 N–H and O–H groups in total. The number of hydrogen-bond acceptors (Lipinski definition) is 4. The average molecular weight is 321 g/mol. The lowest BCUT2D eigenvalue weighted by molar-refractivity contribution is -0.142. The van der Waals surface area contributed by atoms with Crippen molar-refractivity contribution in [1.29, 1.82) is 0 Å². The largest absolute Gasteiger partial charge is 0.446 e. The van der Waals surface area contributed by atoms with Crippen LogP contribution >= 0.6 is 11.8 Å². The molecule has 1 aromatic carbocycles. The molecule has 4 nitrogen and oxygen atoms in total. The van der Waals surface area contributed by atoms with E-state index in [1.165, 1.54) is 12.1 Å². The number of aryl methyl sites for hydroxylation is 1. The molecular weight excluding hydrogens is 307 g/mol. The zero-order chi connectivity index (χ0) is 15.5. The molecule has 0 radical (unpaired) electrons. The van der Waals surface area contributed by atoms with E-state index in [0.717, 1.165) is 0 Å². The van der Waals surface area contributed by atoms with E-state index in [0.29, 0.717) is 12.2 Å². The lowest BCUT2D eigenvalue weighted by Crippen LogP contribution is -2.39. The molecule has 0 aromatic heterocycles. The molecule has 1 saturated heterocycles. The molecule has 1 aliphatic heterocycles. The summed E-state index contributed by atoms with van der Waals surface area (Å²) < 4.78 is 48.0. The van der Waals surface area contributed by atoms with Crippen molar-refractivity contribution < 1.29 is 27.4 Å². The highest BCUT2D eigenvalue weighted by atomic mass is 32.2. The quantitative estimate of drug-likeness (QED) is 0.870. The Kier molecular flexibility index (Phi) is 5.13. The van der Waals surface area contributed by atoms with Gasteiger partial charge in [0.1, 0.15) is 0 Å². The van der Waals surface area contributed by atoms with Crippen molar-refractivity contribution >= 4 is 23.4 Å². The maximum absolute atomic E-state index is 12.6. The number of ether oxygens (including phenoxy) is 2. The molecule has 1 fully saturated rings. The summed E-state index contributed by atoms with van der Waals surface area (Å²) in [6.45, 7) is 2.48. The van der Waals surface area contributed by atoms with Crippen LogP contribution < -0.4 is 5.32 Å². The Morgan fingerprint density at radius 3 is 2.76 bits per heavy atom. The number of alkyl halides is 3. The van der Waals surface area contributed by atoms with Gasteiger partial charge in [-0.3, -0.25) is 4.79 Å². The van der Waals surface area contributed by atoms with Crippen molar-refractivity contribution in [1.82, 2.24) is 0 Å². The summed E-state index contributed by atoms with van der Waals surface area (Å²) in [7, 11) is 0. The van der Waals surface area contributed by atoms with Gasteiger partial charge in [0.15, 0.2) is 6.10 Å². The minimum atomic E-state index is -4.42. The number of nitrogens with one attached hydrogen (secondary N) is 1. The number of hydrogen-bond donors (Lipinski definition) is 1. The highest BCUT2D eigenvalue weighted by Crippen LogP contribution is 2.40. The SMILES string of the molecule is Cc1ccc(NC(=O)C2COCCO2)c(SC(F)(F)F)c1. The van der Waals surface area contributed by atoms with Crippen molar-refractivity contribution in [3.05, 3.63) is 23.8 Å². The molecule has 1 heterocycles. The van der Waals surface area contributed by atoms with Crippen molar-refractivity contribution in [2.45, 2.75) is 23.4 Å². The molecule has 1 unspecified atom stereocenters. The van der Waals surface area contributed by atoms with Gasteiger partial charge in [-0.2, -0.15) is 13.2 Å². The van der Waals surface area contributed by atoms with Gasteiger partial charge in [-0.25, -0.2) is 0 Å². The first-order valence-corrected chi connectivity index (χ1v) is 7.03. The van der Waals surface area contributed by atoms with E-state index < -0.39 is 17.5 Å². The van der Waals surface area contributed by atoms with Crippen LogP contribution in [0.5, 0.6) is 0 Å². The van der Waals surface area contributed by atoms with Crippen LogP contribution in [0.3, 0.4) is 0 Å². The van der Waals surface area contributed by atoms with Gasteiger partial charge in [0.25, 0.3) is 5.91 Å². The Balaban J connectivity index is 2.13. The minimum Gasteiger partial charge on any atom is -0.376 e. The van der Waals surface area contributed by atoms with Gasteiger partial charge in [0, 0.05) is 4.90 Å². The van der Waals surface area contributed by atoms with Gasteiger partial charge in [0.2, 0.25) is 0 Å². The zero-order valence-electron chi connectivity index (χ0n) is 11.2. The second kappa shape index (κ2) is 6.67. The Bertz CT molecular complexity index is 516. The normalized spacial score (nSPS) is 19.3. The summed E-state index contributed by atoms with van der Waals surface area (Å²) in [5.74, 6) is -0.512. The van der Waals surface area contributed by atoms with Crippen LogP contribution in [-0.4, -0.2) is 37.3 Å². The molecule has 1 atom stereocenters. The van der Waals surface area contributed by atoms with Crippen LogP contribution in [0.15, 0.2) is 23.1 Å². The van der Waals surface area contributed by atoms with E-state index in [-0.39, 0.29) is 35.6 Å². The summed E-state index contributed by atoms with van der Waals surface area (Å²) >= 11 is -0.257. The number of halogens is 3. The van der Waals surface area contributed by atoms with Gasteiger partial charge < -0.3 is 14.8 Å². The fourth-order valence-electron chi connectivity index (χ4n) is 1.79. The average Bonchev–Trinajstić information content (AvgIpc) is 2.41. The molecule has 2 rings (SSSR count). The second-order valence-corrected chi connectivity index (χ2v) is 5.58. The fourth-order valence-corrected chi connectivity index (χ4v) is 2.52. The molecule has 1 aromatic rings. The molecule has 0 aliphatic carbocycles. The van der Waals surface area contributed by atoms with E-state index in [4.69, 9.17) is 9.47 Å². The Morgan fingerprint density at radius 2 is 2.14 bits per heavy atom. The van der Waals surface area contributed by atoms with Crippen LogP contribution in [0.25, 0.3) is 0 Å². The first-order chi connectivity index (χ1) is 9.85. The monoisotopic (exact) mass is 321 g/mol. The lowest BCUT2D eigenvalue weighted by atomic mass is 10.2. The van der Waals surface area contributed by atoms with Crippen molar-refractivity contribution in [2.24, 2.45) is 0 Å². The molecular formula is C13H14F3NO3S. The number of amides is 1. The van der Waals surface area contributed by atoms with E-state index >= 15 is 0 Å². The molecule has 0 spiro atoms. The van der Waals surface area contributed by atoms with E-state index in [1.807, 2.05) is 0 Å². The van der Waals surface area contributed by atoms with Gasteiger partial charge in [-0.15, -0.1) is 0 Å². The maximum Gasteiger partial charge on any atom is 0.446 e. The zero-order valence-corrected chi connectivity index (χ0v) is 12.0. The number of anilines is 1. The molecule has 0 saturated carbocycles. The molecule has 8 heteroatoms. The van der Waals surface area contributed by atoms with Gasteiger partial charge >= 0.3 is 5.51 Å². The lowest BCUT2D eigenvalue weighted by Gasteiger charge is -2.22. The smallest absolute Gasteiger partial charge is 0.376 e. The van der Waals surface area contributed by atoms with Crippen LogP contribution in [0, 0.1) is 6.92 Å². The predicted octanol–water partition coefficient (Wildman–Crippen LogP) is 2.96. The highest BCUT2D eigenvalue weighted by molar-refractivity contribution is 8.00. The van der Waals surface area contributed by atoms with Crippen molar-refractivity contribution in [2.75, 3.05) is 25.1 Å². The van der Waals surface area contributed by atoms with Gasteiger partial charge in [-0.1, -0.05) is 6.07 Å². The van der Waals surface area contributed by atoms with E-state index in [1.54, 1.807) is 13.0 Å². The minimum absolute atomic E-state index is 0.0485. The van der Waals surface area contributed by atoms with Crippen LogP contribution in [0.1, 0.15) is 5.56 Å². The third kappa shape index (κ3) is 4.90. The Morgan fingerprint density at radius 1 is 1.38 bits per heavy atom. The van der Waals surface area contributed by atoms with Crippen LogP contribution in [-0.2, 0) is 14.3 Å². The van der Waals surface area contributed by atoms with Crippen molar-refractivity contribution in [3.63, 3.8) is 0 Å². The third-order valence-corrected chi connectivity index (χ3v) is 3.52. The molecule has 1 aliphatic rings. The van der Waals surface area contributed by atoms with E-state index in [9.17, 15) is 18.0 Å². The third-order valence-electron chi connectivity index (χ3n) is 2.73. The van der Waals surface area contributed by atoms with Gasteiger partial charge in [0.05, 0.1) is 25.5 Å². The van der Waals surface area contributed by atoms with Crippen LogP contribution in [0.2, 0.25) is 0 Å². The summed E-state index contributed by atoms with van der Waals surface area (Å²) in [6, 6.07) is 4.46. The number of carbonyl (C=O) groups excluding carboxylic acids is 1. The first-order valence-electron chi connectivity index (χ1n) is 6.22. The predicted molar refractivity (Wildman–Crippen MR) is 72.3 cm³/mol. The number of thioether (sulfide) groups is 1. The second-order valence-electron chi connectivity index (χ2n) is 4.47. The van der Waals surface area contributed by atoms with E-state index in [2.05, 4.69) is 5.32 Å². The summed E-state index contributed by atoms with van der Waals surface area (Å²) in [6.07, 6.45) is -0.802. The van der Waals surface area contributed by atoms with Gasteiger partial charge in [-0.05, 0) is 36.4 Å². The van der Waals surface area contributed by atoms with Crippen LogP contribution in [0.4, 0.5) is 18.9 Å².